The summed E-state index contributed by atoms with van der Waals surface area (Å²) < 4.78 is 0. The summed E-state index contributed by atoms with van der Waals surface area (Å²) >= 11 is 0. The fourth-order valence-electron chi connectivity index (χ4n) is 1.88. The molecule has 0 spiro atoms. The van der Waals surface area contributed by atoms with E-state index in [1.54, 1.807) is 0 Å². The quantitative estimate of drug-likeness (QED) is 0.795. The molecule has 3 N–H and O–H groups in total. The van der Waals surface area contributed by atoms with Crippen LogP contribution in [-0.4, -0.2) is 17.8 Å². The molecule has 0 heterocycles. The molecule has 0 aromatic heterocycles. The maximum Gasteiger partial charge on any atom is 0.0591 e. The molecule has 0 aliphatic carbocycles. The third kappa shape index (κ3) is 2.21. The van der Waals surface area contributed by atoms with Crippen molar-refractivity contribution in [3.63, 3.8) is 0 Å². The largest absolute Gasteiger partial charge is 0.395 e. The standard InChI is InChI=1S/C13H21NO/c1-9-6-5-7-11(10(9)2)13(3,4)12(14)8-15/h5-7,12,15H,8,14H2,1-4H3. The van der Waals surface area contributed by atoms with E-state index in [1.807, 2.05) is 6.07 Å². The fraction of sp³-hybridized carbons (Fsp3) is 0.538. The molecule has 15 heavy (non-hydrogen) atoms. The molecule has 0 radical (unpaired) electrons. The maximum atomic E-state index is 9.17. The number of aliphatic hydroxyl groups excluding tert-OH is 1. The van der Waals surface area contributed by atoms with Crippen molar-refractivity contribution in [2.75, 3.05) is 6.61 Å². The SMILES string of the molecule is Cc1cccc(C(C)(C)C(N)CO)c1C. The molecule has 0 saturated heterocycles. The monoisotopic (exact) mass is 207 g/mol. The fourth-order valence-corrected chi connectivity index (χ4v) is 1.88. The van der Waals surface area contributed by atoms with Crippen molar-refractivity contribution in [1.29, 1.82) is 0 Å². The van der Waals surface area contributed by atoms with Gasteiger partial charge in [-0.2, -0.15) is 0 Å². The predicted molar refractivity (Wildman–Crippen MR) is 64.0 cm³/mol. The van der Waals surface area contributed by atoms with Gasteiger partial charge in [0.2, 0.25) is 0 Å². The van der Waals surface area contributed by atoms with E-state index in [0.717, 1.165) is 0 Å². The molecule has 0 aliphatic heterocycles. The van der Waals surface area contributed by atoms with Crippen molar-refractivity contribution in [1.82, 2.24) is 0 Å². The number of aryl methyl sites for hydroxylation is 1. The Kier molecular flexibility index (Phi) is 3.53. The van der Waals surface area contributed by atoms with Crippen LogP contribution in [-0.2, 0) is 5.41 Å². The van der Waals surface area contributed by atoms with Crippen molar-refractivity contribution < 1.29 is 5.11 Å². The summed E-state index contributed by atoms with van der Waals surface area (Å²) in [5, 5.41) is 9.17. The van der Waals surface area contributed by atoms with Crippen molar-refractivity contribution >= 4 is 0 Å². The number of hydrogen-bond acceptors (Lipinski definition) is 2. The summed E-state index contributed by atoms with van der Waals surface area (Å²) in [6.45, 7) is 8.38. The molecular formula is C13H21NO. The Labute approximate surface area is 92.1 Å². The molecule has 0 saturated carbocycles. The second-order valence-electron chi connectivity index (χ2n) is 4.76. The summed E-state index contributed by atoms with van der Waals surface area (Å²) in [7, 11) is 0. The van der Waals surface area contributed by atoms with Crippen molar-refractivity contribution in [2.45, 2.75) is 39.2 Å². The van der Waals surface area contributed by atoms with Gasteiger partial charge >= 0.3 is 0 Å². The van der Waals surface area contributed by atoms with E-state index in [9.17, 15) is 0 Å². The number of aliphatic hydroxyl groups is 1. The normalized spacial score (nSPS) is 14.0. The molecule has 0 bridgehead atoms. The third-order valence-electron chi connectivity index (χ3n) is 3.42. The highest BCUT2D eigenvalue weighted by molar-refractivity contribution is 5.38. The van der Waals surface area contributed by atoms with Crippen LogP contribution >= 0.6 is 0 Å². The van der Waals surface area contributed by atoms with Gasteiger partial charge in [0.15, 0.2) is 0 Å². The molecule has 1 aromatic carbocycles. The van der Waals surface area contributed by atoms with Gasteiger partial charge in [-0.15, -0.1) is 0 Å². The van der Waals surface area contributed by atoms with Crippen LogP contribution in [0, 0.1) is 13.8 Å². The first kappa shape index (κ1) is 12.2. The van der Waals surface area contributed by atoms with Gasteiger partial charge in [0, 0.05) is 11.5 Å². The van der Waals surface area contributed by atoms with Gasteiger partial charge in [0.25, 0.3) is 0 Å². The lowest BCUT2D eigenvalue weighted by Gasteiger charge is -2.32. The summed E-state index contributed by atoms with van der Waals surface area (Å²) in [5.41, 5.74) is 9.53. The summed E-state index contributed by atoms with van der Waals surface area (Å²) in [6.07, 6.45) is 0. The Morgan fingerprint density at radius 3 is 2.47 bits per heavy atom. The number of rotatable bonds is 3. The minimum Gasteiger partial charge on any atom is -0.395 e. The molecule has 0 amide bonds. The first-order valence-electron chi connectivity index (χ1n) is 5.34. The molecule has 1 unspecified atom stereocenters. The van der Waals surface area contributed by atoms with Gasteiger partial charge in [-0.25, -0.2) is 0 Å². The highest BCUT2D eigenvalue weighted by Gasteiger charge is 2.29. The number of hydrogen-bond donors (Lipinski definition) is 2. The summed E-state index contributed by atoms with van der Waals surface area (Å²) in [5.74, 6) is 0. The Morgan fingerprint density at radius 1 is 1.33 bits per heavy atom. The molecule has 84 valence electrons. The van der Waals surface area contributed by atoms with Gasteiger partial charge in [-0.05, 0) is 30.5 Å². The zero-order valence-corrected chi connectivity index (χ0v) is 10.0. The van der Waals surface area contributed by atoms with Gasteiger partial charge in [-0.3, -0.25) is 0 Å². The van der Waals surface area contributed by atoms with Crippen molar-refractivity contribution in [3.8, 4) is 0 Å². The van der Waals surface area contributed by atoms with E-state index in [2.05, 4.69) is 39.8 Å². The molecule has 0 fully saturated rings. The van der Waals surface area contributed by atoms with Crippen LogP contribution in [0.4, 0.5) is 0 Å². The topological polar surface area (TPSA) is 46.2 Å². The van der Waals surface area contributed by atoms with Crippen LogP contribution in [0.15, 0.2) is 18.2 Å². The lowest BCUT2D eigenvalue weighted by Crippen LogP contribution is -2.44. The summed E-state index contributed by atoms with van der Waals surface area (Å²) in [6, 6.07) is 6.01. The molecule has 0 aliphatic rings. The second kappa shape index (κ2) is 4.33. The Hall–Kier alpha value is -0.860. The molecule has 2 heteroatoms. The van der Waals surface area contributed by atoms with E-state index in [0.29, 0.717) is 0 Å². The third-order valence-corrected chi connectivity index (χ3v) is 3.42. The first-order chi connectivity index (χ1) is 6.91. The van der Waals surface area contributed by atoms with E-state index in [4.69, 9.17) is 10.8 Å². The smallest absolute Gasteiger partial charge is 0.0591 e. The lowest BCUT2D eigenvalue weighted by atomic mass is 9.76. The van der Waals surface area contributed by atoms with E-state index < -0.39 is 0 Å². The second-order valence-corrected chi connectivity index (χ2v) is 4.76. The molecule has 1 rings (SSSR count). The van der Waals surface area contributed by atoms with Gasteiger partial charge in [0.05, 0.1) is 6.61 Å². The first-order valence-corrected chi connectivity index (χ1v) is 5.34. The predicted octanol–water partition coefficient (Wildman–Crippen LogP) is 1.90. The highest BCUT2D eigenvalue weighted by atomic mass is 16.3. The van der Waals surface area contributed by atoms with E-state index in [1.165, 1.54) is 16.7 Å². The molecule has 2 nitrogen and oxygen atoms in total. The Balaban J connectivity index is 3.20. The van der Waals surface area contributed by atoms with Crippen LogP contribution in [0.25, 0.3) is 0 Å². The maximum absolute atomic E-state index is 9.17. The van der Waals surface area contributed by atoms with Crippen LogP contribution in [0.5, 0.6) is 0 Å². The van der Waals surface area contributed by atoms with Crippen LogP contribution in [0.2, 0.25) is 0 Å². The van der Waals surface area contributed by atoms with Crippen LogP contribution in [0.1, 0.15) is 30.5 Å². The minimum atomic E-state index is -0.224. The number of benzene rings is 1. The minimum absolute atomic E-state index is 0.0143. The van der Waals surface area contributed by atoms with Crippen LogP contribution in [0.3, 0.4) is 0 Å². The summed E-state index contributed by atoms with van der Waals surface area (Å²) in [4.78, 5) is 0. The van der Waals surface area contributed by atoms with Gasteiger partial charge < -0.3 is 10.8 Å². The average molecular weight is 207 g/mol. The average Bonchev–Trinajstić information content (AvgIpc) is 2.20. The molecule has 1 atom stereocenters. The highest BCUT2D eigenvalue weighted by Crippen LogP contribution is 2.30. The zero-order chi connectivity index (χ0) is 11.6. The van der Waals surface area contributed by atoms with Crippen LogP contribution < -0.4 is 5.73 Å². The molecule has 1 aromatic rings. The van der Waals surface area contributed by atoms with Crippen molar-refractivity contribution in [2.24, 2.45) is 5.73 Å². The zero-order valence-electron chi connectivity index (χ0n) is 10.0. The van der Waals surface area contributed by atoms with Gasteiger partial charge in [0.1, 0.15) is 0 Å². The Bertz CT molecular complexity index is 344. The molecular weight excluding hydrogens is 186 g/mol. The van der Waals surface area contributed by atoms with E-state index in [-0.39, 0.29) is 18.1 Å². The Morgan fingerprint density at radius 2 is 1.93 bits per heavy atom. The van der Waals surface area contributed by atoms with Gasteiger partial charge in [-0.1, -0.05) is 32.0 Å². The van der Waals surface area contributed by atoms with E-state index >= 15 is 0 Å². The van der Waals surface area contributed by atoms with Crippen molar-refractivity contribution in [3.05, 3.63) is 34.9 Å². The lowest BCUT2D eigenvalue weighted by molar-refractivity contribution is 0.219. The number of nitrogens with two attached hydrogens (primary N) is 1.